The Balaban J connectivity index is 1.70. The first-order valence-electron chi connectivity index (χ1n) is 10.4. The molecule has 1 aromatic heterocycles. The second-order valence-electron chi connectivity index (χ2n) is 9.27. The number of benzene rings is 1. The summed E-state index contributed by atoms with van der Waals surface area (Å²) in [6, 6.07) is 10.7. The molecule has 1 fully saturated rings. The van der Waals surface area contributed by atoms with Crippen molar-refractivity contribution in [1.82, 2.24) is 9.88 Å². The zero-order valence-corrected chi connectivity index (χ0v) is 19.3. The van der Waals surface area contributed by atoms with Gasteiger partial charge in [0.25, 0.3) is 0 Å². The van der Waals surface area contributed by atoms with E-state index in [0.717, 1.165) is 29.7 Å². The number of rotatable bonds is 4. The predicted molar refractivity (Wildman–Crippen MR) is 123 cm³/mol. The molecular formula is C24H30N2O4S. The van der Waals surface area contributed by atoms with Gasteiger partial charge in [-0.3, -0.25) is 4.98 Å². The molecule has 1 amide bonds. The van der Waals surface area contributed by atoms with Gasteiger partial charge in [0.1, 0.15) is 0 Å². The largest absolute Gasteiger partial charge is 0.465 e. The van der Waals surface area contributed by atoms with E-state index < -0.39 is 15.9 Å². The highest BCUT2D eigenvalue weighted by molar-refractivity contribution is 7.90. The Kier molecular flexibility index (Phi) is 6.55. The van der Waals surface area contributed by atoms with Gasteiger partial charge in [-0.25, -0.2) is 13.2 Å². The second kappa shape index (κ2) is 8.83. The van der Waals surface area contributed by atoms with Crippen molar-refractivity contribution in [2.24, 2.45) is 5.41 Å². The maximum atomic E-state index is 11.6. The summed E-state index contributed by atoms with van der Waals surface area (Å²) in [4.78, 5) is 18.1. The molecule has 1 N–H and O–H groups in total. The number of piperidine rings is 1. The van der Waals surface area contributed by atoms with Crippen LogP contribution in [0.3, 0.4) is 0 Å². The van der Waals surface area contributed by atoms with Crippen molar-refractivity contribution < 1.29 is 18.3 Å². The summed E-state index contributed by atoms with van der Waals surface area (Å²) in [6.07, 6.45) is 7.61. The molecule has 1 aromatic carbocycles. The van der Waals surface area contributed by atoms with Gasteiger partial charge in [-0.2, -0.15) is 0 Å². The quantitative estimate of drug-likeness (QED) is 0.725. The lowest BCUT2D eigenvalue weighted by Gasteiger charge is -2.44. The first-order chi connectivity index (χ1) is 14.4. The Morgan fingerprint density at radius 3 is 2.32 bits per heavy atom. The molecule has 1 saturated heterocycles. The van der Waals surface area contributed by atoms with E-state index in [1.54, 1.807) is 29.2 Å². The number of pyridine rings is 1. The summed E-state index contributed by atoms with van der Waals surface area (Å²) in [7, 11) is -3.20. The van der Waals surface area contributed by atoms with E-state index in [1.807, 2.05) is 24.4 Å². The standard InChI is InChI=1S/C24H30N2O4S/c1-24(2,3)22-15-18(13-14-26(22)23(27)28)19-8-10-20(25-16-19)9-5-17-6-11-21(12-7-17)31(4,29)30/h5-12,16,18,22H,13-15H2,1-4H3,(H,27,28). The van der Waals surface area contributed by atoms with Gasteiger partial charge < -0.3 is 10.0 Å². The SMILES string of the molecule is CC(C)(C)C1CC(c2ccc(C=Cc3ccc(S(C)(=O)=O)cc3)nc2)CCN1C(=O)O. The molecule has 2 aromatic rings. The minimum Gasteiger partial charge on any atom is -0.465 e. The minimum atomic E-state index is -3.20. The van der Waals surface area contributed by atoms with Crippen LogP contribution in [0.4, 0.5) is 4.79 Å². The fourth-order valence-corrected chi connectivity index (χ4v) is 4.71. The zero-order valence-electron chi connectivity index (χ0n) is 18.4. The van der Waals surface area contributed by atoms with Gasteiger partial charge in [0.15, 0.2) is 9.84 Å². The van der Waals surface area contributed by atoms with Crippen LogP contribution in [0.5, 0.6) is 0 Å². The van der Waals surface area contributed by atoms with Crippen molar-refractivity contribution in [3.8, 4) is 0 Å². The van der Waals surface area contributed by atoms with Gasteiger partial charge in [-0.05, 0) is 59.6 Å². The van der Waals surface area contributed by atoms with E-state index in [1.165, 1.54) is 6.26 Å². The van der Waals surface area contributed by atoms with E-state index in [-0.39, 0.29) is 17.4 Å². The average Bonchev–Trinajstić information content (AvgIpc) is 2.71. The van der Waals surface area contributed by atoms with Crippen LogP contribution >= 0.6 is 0 Å². The minimum absolute atomic E-state index is 0.0294. The number of nitrogens with zero attached hydrogens (tertiary/aromatic N) is 2. The number of hydrogen-bond donors (Lipinski definition) is 1. The van der Waals surface area contributed by atoms with Crippen molar-refractivity contribution in [3.63, 3.8) is 0 Å². The monoisotopic (exact) mass is 442 g/mol. The van der Waals surface area contributed by atoms with Crippen LogP contribution in [0.15, 0.2) is 47.5 Å². The van der Waals surface area contributed by atoms with E-state index in [2.05, 4.69) is 31.8 Å². The Bertz CT molecular complexity index is 1050. The Labute approximate surface area is 184 Å². The number of amides is 1. The van der Waals surface area contributed by atoms with Crippen molar-refractivity contribution in [1.29, 1.82) is 0 Å². The molecule has 2 heterocycles. The molecule has 0 bridgehead atoms. The van der Waals surface area contributed by atoms with Gasteiger partial charge in [-0.15, -0.1) is 0 Å². The van der Waals surface area contributed by atoms with Crippen molar-refractivity contribution in [3.05, 3.63) is 59.4 Å². The summed E-state index contributed by atoms with van der Waals surface area (Å²) in [5.74, 6) is 0.286. The van der Waals surface area contributed by atoms with E-state index in [4.69, 9.17) is 0 Å². The molecule has 2 atom stereocenters. The van der Waals surface area contributed by atoms with Crippen LogP contribution in [0.25, 0.3) is 12.2 Å². The Morgan fingerprint density at radius 1 is 1.13 bits per heavy atom. The number of carboxylic acid groups (broad SMARTS) is 1. The van der Waals surface area contributed by atoms with Crippen molar-refractivity contribution >= 4 is 28.1 Å². The fraction of sp³-hybridized carbons (Fsp3) is 0.417. The Morgan fingerprint density at radius 2 is 1.81 bits per heavy atom. The summed E-state index contributed by atoms with van der Waals surface area (Å²) in [5.41, 5.74) is 2.72. The van der Waals surface area contributed by atoms with E-state index >= 15 is 0 Å². The molecule has 0 saturated carbocycles. The molecule has 1 aliphatic heterocycles. The van der Waals surface area contributed by atoms with Gasteiger partial charge in [-0.1, -0.05) is 45.0 Å². The average molecular weight is 443 g/mol. The third kappa shape index (κ3) is 5.73. The fourth-order valence-electron chi connectivity index (χ4n) is 4.08. The molecule has 7 heteroatoms. The smallest absolute Gasteiger partial charge is 0.407 e. The molecular weight excluding hydrogens is 412 g/mol. The molecule has 0 spiro atoms. The molecule has 1 aliphatic rings. The molecule has 31 heavy (non-hydrogen) atoms. The summed E-state index contributed by atoms with van der Waals surface area (Å²) in [5, 5.41) is 9.55. The highest BCUT2D eigenvalue weighted by atomic mass is 32.2. The molecule has 3 rings (SSSR count). The predicted octanol–water partition coefficient (Wildman–Crippen LogP) is 4.93. The van der Waals surface area contributed by atoms with Gasteiger partial charge in [0.05, 0.1) is 10.6 Å². The third-order valence-electron chi connectivity index (χ3n) is 5.88. The van der Waals surface area contributed by atoms with Crippen LogP contribution in [0.2, 0.25) is 0 Å². The first-order valence-corrected chi connectivity index (χ1v) is 12.3. The molecule has 166 valence electrons. The van der Waals surface area contributed by atoms with Crippen molar-refractivity contribution in [2.75, 3.05) is 12.8 Å². The van der Waals surface area contributed by atoms with Crippen molar-refractivity contribution in [2.45, 2.75) is 50.5 Å². The number of hydrogen-bond acceptors (Lipinski definition) is 4. The number of aromatic nitrogens is 1. The topological polar surface area (TPSA) is 87.6 Å². The van der Waals surface area contributed by atoms with Crippen LogP contribution < -0.4 is 0 Å². The lowest BCUT2D eigenvalue weighted by molar-refractivity contribution is 0.0525. The van der Waals surface area contributed by atoms with Gasteiger partial charge in [0.2, 0.25) is 0 Å². The third-order valence-corrected chi connectivity index (χ3v) is 7.01. The van der Waals surface area contributed by atoms with E-state index in [9.17, 15) is 18.3 Å². The number of likely N-dealkylation sites (tertiary alicyclic amines) is 1. The lowest BCUT2D eigenvalue weighted by Crippen LogP contribution is -2.51. The van der Waals surface area contributed by atoms with Crippen LogP contribution in [0, 0.1) is 5.41 Å². The highest BCUT2D eigenvalue weighted by Gasteiger charge is 2.39. The molecule has 0 aliphatic carbocycles. The van der Waals surface area contributed by atoms with Crippen LogP contribution in [0.1, 0.15) is 56.4 Å². The van der Waals surface area contributed by atoms with E-state index in [0.29, 0.717) is 11.4 Å². The summed E-state index contributed by atoms with van der Waals surface area (Å²) >= 11 is 0. The normalized spacial score (nSPS) is 20.2. The van der Waals surface area contributed by atoms with Gasteiger partial charge >= 0.3 is 6.09 Å². The maximum Gasteiger partial charge on any atom is 0.407 e. The first kappa shape index (κ1) is 23.0. The van der Waals surface area contributed by atoms with Crippen LogP contribution in [-0.4, -0.2) is 48.3 Å². The second-order valence-corrected chi connectivity index (χ2v) is 11.3. The lowest BCUT2D eigenvalue weighted by atomic mass is 9.75. The van der Waals surface area contributed by atoms with Gasteiger partial charge in [0, 0.05) is 25.0 Å². The number of sulfone groups is 1. The highest BCUT2D eigenvalue weighted by Crippen LogP contribution is 2.38. The Hall–Kier alpha value is -2.67. The molecule has 6 nitrogen and oxygen atoms in total. The summed E-state index contributed by atoms with van der Waals surface area (Å²) < 4.78 is 23.1. The summed E-state index contributed by atoms with van der Waals surface area (Å²) in [6.45, 7) is 6.80. The molecule has 2 unspecified atom stereocenters. The molecule has 0 radical (unpaired) electrons. The maximum absolute atomic E-state index is 11.6. The number of carbonyl (C=O) groups is 1. The zero-order chi connectivity index (χ0) is 22.8. The van der Waals surface area contributed by atoms with Crippen LogP contribution in [-0.2, 0) is 9.84 Å².